The molecule has 21 heavy (non-hydrogen) atoms. The van der Waals surface area contributed by atoms with Gasteiger partial charge in [0.25, 0.3) is 0 Å². The molecule has 1 aromatic carbocycles. The van der Waals surface area contributed by atoms with Gasteiger partial charge in [0.1, 0.15) is 5.75 Å². The molecular weight excluding hydrogens is 312 g/mol. The second-order valence-corrected chi connectivity index (χ2v) is 17.6. The fourth-order valence-corrected chi connectivity index (χ4v) is 14.7. The summed E-state index contributed by atoms with van der Waals surface area (Å²) in [4.78, 5) is 0. The molecule has 6 heteroatoms. The van der Waals surface area contributed by atoms with Gasteiger partial charge >= 0.3 is 8.56 Å². The molecule has 0 atom stereocenters. The predicted octanol–water partition coefficient (Wildman–Crippen LogP) is 4.25. The maximum atomic E-state index is 9.80. The molecule has 0 saturated heterocycles. The zero-order valence-corrected chi connectivity index (χ0v) is 17.4. The van der Waals surface area contributed by atoms with Crippen LogP contribution in [0.4, 0.5) is 0 Å². The Bertz CT molecular complexity index is 448. The lowest BCUT2D eigenvalue weighted by atomic mass is 10.1. The molecule has 0 amide bonds. The summed E-state index contributed by atoms with van der Waals surface area (Å²) in [6.45, 7) is 13.3. The molecule has 0 heterocycles. The summed E-state index contributed by atoms with van der Waals surface area (Å²) in [7, 11) is -4.71. The molecular formula is C15H30O3Si3. The lowest BCUT2D eigenvalue weighted by Gasteiger charge is -2.34. The van der Waals surface area contributed by atoms with Crippen LogP contribution in [0.5, 0.6) is 5.75 Å². The van der Waals surface area contributed by atoms with Crippen LogP contribution in [0.3, 0.4) is 0 Å². The summed E-state index contributed by atoms with van der Waals surface area (Å²) in [5.74, 6) is 0.404. The Kier molecular flexibility index (Phi) is 6.86. The fourth-order valence-electron chi connectivity index (χ4n) is 2.73. The second kappa shape index (κ2) is 7.73. The number of hydrogen-bond acceptors (Lipinski definition) is 3. The van der Waals surface area contributed by atoms with Gasteiger partial charge in [0.15, 0.2) is 17.4 Å². The van der Waals surface area contributed by atoms with E-state index in [0.29, 0.717) is 5.75 Å². The third-order valence-corrected chi connectivity index (χ3v) is 13.1. The van der Waals surface area contributed by atoms with Gasteiger partial charge in [0, 0.05) is 0 Å². The number of aromatic hydroxyl groups is 1. The van der Waals surface area contributed by atoms with E-state index in [1.807, 2.05) is 18.2 Å². The zero-order valence-electron chi connectivity index (χ0n) is 14.3. The molecule has 0 radical (unpaired) electrons. The first-order chi connectivity index (χ1) is 9.61. The van der Waals surface area contributed by atoms with Crippen LogP contribution in [0.1, 0.15) is 12.0 Å². The van der Waals surface area contributed by atoms with Gasteiger partial charge in [-0.2, -0.15) is 0 Å². The first kappa shape index (κ1) is 18.6. The summed E-state index contributed by atoms with van der Waals surface area (Å²) in [6, 6.07) is 8.69. The van der Waals surface area contributed by atoms with Gasteiger partial charge in [0.2, 0.25) is 0 Å². The molecule has 0 aliphatic rings. The van der Waals surface area contributed by atoms with E-state index in [1.165, 1.54) is 0 Å². The molecule has 0 fully saturated rings. The first-order valence-corrected chi connectivity index (χ1v) is 16.5. The van der Waals surface area contributed by atoms with Crippen LogP contribution in [0.2, 0.25) is 45.3 Å². The highest BCUT2D eigenvalue weighted by atomic mass is 28.5. The Morgan fingerprint density at radius 1 is 1.10 bits per heavy atom. The summed E-state index contributed by atoms with van der Waals surface area (Å²) >= 11 is 0. The van der Waals surface area contributed by atoms with Crippen molar-refractivity contribution >= 4 is 25.9 Å². The van der Waals surface area contributed by atoms with Gasteiger partial charge in [-0.05, 0) is 69.8 Å². The van der Waals surface area contributed by atoms with Gasteiger partial charge in [-0.3, -0.25) is 0 Å². The highest BCUT2D eigenvalue weighted by molar-refractivity contribution is 6.84. The number of aryl methyl sites for hydroxylation is 1. The molecule has 0 aromatic heterocycles. The van der Waals surface area contributed by atoms with Crippen molar-refractivity contribution in [1.82, 2.24) is 0 Å². The van der Waals surface area contributed by atoms with Crippen molar-refractivity contribution in [3.63, 3.8) is 0 Å². The van der Waals surface area contributed by atoms with Crippen LogP contribution < -0.4 is 0 Å². The zero-order chi connectivity index (χ0) is 16.1. The highest BCUT2D eigenvalue weighted by Crippen LogP contribution is 2.24. The van der Waals surface area contributed by atoms with Crippen LogP contribution in [-0.4, -0.2) is 31.0 Å². The van der Waals surface area contributed by atoms with Crippen LogP contribution in [0.25, 0.3) is 0 Å². The first-order valence-electron chi connectivity index (χ1n) is 7.76. The Labute approximate surface area is 133 Å². The average Bonchev–Trinajstić information content (AvgIpc) is 2.27. The third kappa shape index (κ3) is 7.42. The lowest BCUT2D eigenvalue weighted by molar-refractivity contribution is 0.399. The van der Waals surface area contributed by atoms with Crippen molar-refractivity contribution in [2.24, 2.45) is 0 Å². The van der Waals surface area contributed by atoms with Crippen LogP contribution in [0, 0.1) is 0 Å². The van der Waals surface area contributed by atoms with Crippen molar-refractivity contribution in [1.29, 1.82) is 0 Å². The van der Waals surface area contributed by atoms with E-state index in [-0.39, 0.29) is 0 Å². The van der Waals surface area contributed by atoms with E-state index in [0.717, 1.165) is 24.4 Å². The predicted molar refractivity (Wildman–Crippen MR) is 97.2 cm³/mol. The molecule has 0 bridgehead atoms. The minimum atomic E-state index is -1.97. The van der Waals surface area contributed by atoms with Crippen molar-refractivity contribution in [3.8, 4) is 5.75 Å². The molecule has 0 aliphatic carbocycles. The van der Waals surface area contributed by atoms with Crippen LogP contribution in [0.15, 0.2) is 24.3 Å². The van der Waals surface area contributed by atoms with Crippen molar-refractivity contribution in [2.45, 2.75) is 58.2 Å². The van der Waals surface area contributed by atoms with Gasteiger partial charge in [0.05, 0.1) is 0 Å². The molecule has 0 aliphatic heterocycles. The standard InChI is InChI=1S/C15H30O3Si3/c1-19(2)17-21(5,6)18-20(3,4)13-9-11-14-10-7-8-12-15(14)16/h7-8,10,12,16,19H,9,11,13H2,1-6H3. The van der Waals surface area contributed by atoms with Crippen molar-refractivity contribution in [2.75, 3.05) is 0 Å². The third-order valence-electron chi connectivity index (χ3n) is 3.26. The summed E-state index contributed by atoms with van der Waals surface area (Å²) in [6.07, 6.45) is 1.97. The SMILES string of the molecule is C[SiH](C)O[Si](C)(C)O[Si](C)(C)CCCc1ccccc1O. The molecule has 0 unspecified atom stereocenters. The topological polar surface area (TPSA) is 38.7 Å². The molecule has 120 valence electrons. The Morgan fingerprint density at radius 3 is 2.29 bits per heavy atom. The van der Waals surface area contributed by atoms with E-state index in [9.17, 15) is 5.11 Å². The van der Waals surface area contributed by atoms with E-state index < -0.39 is 25.9 Å². The van der Waals surface area contributed by atoms with Crippen molar-refractivity contribution < 1.29 is 13.3 Å². The Morgan fingerprint density at radius 2 is 1.71 bits per heavy atom. The van der Waals surface area contributed by atoms with Crippen LogP contribution in [-0.2, 0) is 14.7 Å². The van der Waals surface area contributed by atoms with E-state index in [1.54, 1.807) is 6.07 Å². The number of phenolic OH excluding ortho intramolecular Hbond substituents is 1. The smallest absolute Gasteiger partial charge is 0.310 e. The van der Waals surface area contributed by atoms with E-state index >= 15 is 0 Å². The minimum Gasteiger partial charge on any atom is -0.508 e. The highest BCUT2D eigenvalue weighted by Gasteiger charge is 2.34. The maximum absolute atomic E-state index is 9.80. The fraction of sp³-hybridized carbons (Fsp3) is 0.600. The molecule has 0 spiro atoms. The minimum absolute atomic E-state index is 0.404. The summed E-state index contributed by atoms with van der Waals surface area (Å²) in [5.41, 5.74) is 1.03. The van der Waals surface area contributed by atoms with Crippen LogP contribution >= 0.6 is 0 Å². The lowest BCUT2D eigenvalue weighted by Crippen LogP contribution is -2.48. The molecule has 1 rings (SSSR count). The van der Waals surface area contributed by atoms with Gasteiger partial charge in [-0.25, -0.2) is 0 Å². The monoisotopic (exact) mass is 342 g/mol. The summed E-state index contributed by atoms with van der Waals surface area (Å²) < 4.78 is 12.5. The largest absolute Gasteiger partial charge is 0.508 e. The normalized spacial score (nSPS) is 12.9. The van der Waals surface area contributed by atoms with Crippen molar-refractivity contribution in [3.05, 3.63) is 29.8 Å². The van der Waals surface area contributed by atoms with E-state index in [2.05, 4.69) is 39.3 Å². The Balaban J connectivity index is 2.48. The Hall–Kier alpha value is -0.409. The second-order valence-electron chi connectivity index (χ2n) is 6.91. The average molecular weight is 343 g/mol. The molecule has 0 saturated carbocycles. The number of hydrogen-bond donors (Lipinski definition) is 1. The number of rotatable bonds is 8. The quantitative estimate of drug-likeness (QED) is 0.718. The number of para-hydroxylation sites is 1. The van der Waals surface area contributed by atoms with E-state index in [4.69, 9.17) is 8.23 Å². The maximum Gasteiger partial charge on any atom is 0.310 e. The number of phenols is 1. The molecule has 1 aromatic rings. The van der Waals surface area contributed by atoms with Gasteiger partial charge < -0.3 is 13.3 Å². The summed E-state index contributed by atoms with van der Waals surface area (Å²) in [5, 5.41) is 9.80. The van der Waals surface area contributed by atoms with Gasteiger partial charge in [-0.15, -0.1) is 0 Å². The number of benzene rings is 1. The molecule has 1 N–H and O–H groups in total. The van der Waals surface area contributed by atoms with Gasteiger partial charge in [-0.1, -0.05) is 18.2 Å². The molecule has 3 nitrogen and oxygen atoms in total.